The second-order valence-electron chi connectivity index (χ2n) is 12.2. The van der Waals surface area contributed by atoms with Crippen molar-refractivity contribution < 1.29 is 29.6 Å². The fourth-order valence-corrected chi connectivity index (χ4v) is 6.54. The predicted octanol–water partition coefficient (Wildman–Crippen LogP) is 8.41. The van der Waals surface area contributed by atoms with Crippen LogP contribution < -0.4 is 25.9 Å². The van der Waals surface area contributed by atoms with Crippen LogP contribution in [0.5, 0.6) is 23.0 Å². The number of aryl methyl sites for hydroxylation is 3. The molecule has 0 amide bonds. The maximum Gasteiger partial charge on any atom is 0.239 e. The number of benzene rings is 5. The first kappa shape index (κ1) is 32.3. The summed E-state index contributed by atoms with van der Waals surface area (Å²) < 4.78 is 12.8. The van der Waals surface area contributed by atoms with Gasteiger partial charge >= 0.3 is 0 Å². The number of hydrogen-bond acceptors (Lipinski definition) is 4. The van der Waals surface area contributed by atoms with Crippen molar-refractivity contribution in [1.82, 2.24) is 9.97 Å². The standard InChI is InChI=1S/C29H17BNO2.C14H14N.Ir/c1-2-8-19(9-3-1)20-16-17-31-24(18-20)21-14-15-27-28-29(21)33-26-13-7-5-11-23(26)30(28)22-10-4-6-12-25(22)32-27;1-10-4-6-13(7-5-10)14-12(3)8-11(2)9-15-14;/h1-13,15-18H;4-6,8-9H,1-3H3;/q2*-1;. The van der Waals surface area contributed by atoms with Gasteiger partial charge in [0.25, 0.3) is 0 Å². The first-order chi connectivity index (χ1) is 23.5. The van der Waals surface area contributed by atoms with Gasteiger partial charge in [0.1, 0.15) is 11.5 Å². The monoisotopic (exact) mass is 811 g/mol. The Morgan fingerprint density at radius 3 is 2.04 bits per heavy atom. The number of nitrogens with zero attached hydrogens (tertiary/aromatic N) is 2. The molecule has 0 fully saturated rings. The zero-order valence-corrected chi connectivity index (χ0v) is 29.7. The van der Waals surface area contributed by atoms with E-state index in [9.17, 15) is 0 Å². The van der Waals surface area contributed by atoms with Gasteiger partial charge in [-0.15, -0.1) is 47.5 Å². The third-order valence-electron chi connectivity index (χ3n) is 8.83. The number of fused-ring (bicyclic) bond motifs is 4. The maximum atomic E-state index is 6.52. The average molecular weight is 811 g/mol. The molecule has 6 heteroatoms. The Morgan fingerprint density at radius 1 is 0.612 bits per heavy atom. The van der Waals surface area contributed by atoms with Crippen LogP contribution in [0.1, 0.15) is 16.7 Å². The van der Waals surface area contributed by atoms with Gasteiger partial charge in [0.15, 0.2) is 0 Å². The maximum absolute atomic E-state index is 6.52. The van der Waals surface area contributed by atoms with Gasteiger partial charge in [0, 0.05) is 44.0 Å². The van der Waals surface area contributed by atoms with E-state index >= 15 is 0 Å². The van der Waals surface area contributed by atoms with Crippen molar-refractivity contribution in [2.24, 2.45) is 0 Å². The summed E-state index contributed by atoms with van der Waals surface area (Å²) in [6.07, 6.45) is 3.74. The molecule has 0 aliphatic carbocycles. The number of ether oxygens (including phenoxy) is 2. The molecule has 2 aliphatic heterocycles. The van der Waals surface area contributed by atoms with Crippen LogP contribution in [-0.4, -0.2) is 16.7 Å². The molecule has 0 saturated heterocycles. The van der Waals surface area contributed by atoms with Crippen LogP contribution in [0.15, 0.2) is 134 Å². The summed E-state index contributed by atoms with van der Waals surface area (Å²) in [4.78, 5) is 9.14. The van der Waals surface area contributed by atoms with Crippen LogP contribution in [0.25, 0.3) is 33.6 Å². The summed E-state index contributed by atoms with van der Waals surface area (Å²) in [5.41, 5.74) is 13.0. The Bertz CT molecular complexity index is 2280. The molecule has 0 atom stereocenters. The zero-order chi connectivity index (χ0) is 32.6. The normalized spacial score (nSPS) is 11.7. The fraction of sp³-hybridized carbons (Fsp3) is 0.0698. The SMILES string of the molecule is Cc1c[c-]c(-c2ncc(C)cc2C)cc1.[Ir].[c-]1cc2c3c(c1-c1cc(-c4ccccc4)ccn1)Oc1ccccc1B3c1ccccc1O2. The van der Waals surface area contributed by atoms with Gasteiger partial charge in [-0.05, 0) is 71.1 Å². The molecule has 4 nitrogen and oxygen atoms in total. The summed E-state index contributed by atoms with van der Waals surface area (Å²) >= 11 is 0. The quantitative estimate of drug-likeness (QED) is 0.133. The van der Waals surface area contributed by atoms with Crippen LogP contribution in [0.2, 0.25) is 0 Å². The van der Waals surface area contributed by atoms with Crippen molar-refractivity contribution in [3.05, 3.63) is 163 Å². The molecule has 5 aromatic carbocycles. The molecule has 2 aliphatic rings. The molecule has 0 unspecified atom stereocenters. The molecule has 1 radical (unpaired) electrons. The average Bonchev–Trinajstić information content (AvgIpc) is 3.13. The van der Waals surface area contributed by atoms with Gasteiger partial charge in [-0.1, -0.05) is 102 Å². The number of rotatable bonds is 3. The van der Waals surface area contributed by atoms with Gasteiger partial charge in [-0.25, -0.2) is 0 Å². The van der Waals surface area contributed by atoms with E-state index < -0.39 is 0 Å². The molecule has 2 aromatic heterocycles. The van der Waals surface area contributed by atoms with Crippen molar-refractivity contribution in [2.75, 3.05) is 0 Å². The van der Waals surface area contributed by atoms with E-state index in [2.05, 4.69) is 98.6 Å². The van der Waals surface area contributed by atoms with Gasteiger partial charge in [0.2, 0.25) is 6.71 Å². The molecule has 0 spiro atoms. The van der Waals surface area contributed by atoms with Crippen molar-refractivity contribution >= 4 is 23.1 Å². The van der Waals surface area contributed by atoms with Gasteiger partial charge in [-0.3, -0.25) is 0 Å². The topological polar surface area (TPSA) is 44.2 Å². The van der Waals surface area contributed by atoms with Crippen molar-refractivity contribution in [3.8, 4) is 56.6 Å². The second-order valence-corrected chi connectivity index (χ2v) is 12.2. The molecule has 0 N–H and O–H groups in total. The summed E-state index contributed by atoms with van der Waals surface area (Å²) in [6, 6.07) is 47.8. The van der Waals surface area contributed by atoms with Crippen LogP contribution in [0.3, 0.4) is 0 Å². The molecular weight excluding hydrogens is 780 g/mol. The van der Waals surface area contributed by atoms with E-state index in [1.165, 1.54) is 16.7 Å². The van der Waals surface area contributed by atoms with E-state index in [0.717, 1.165) is 73.0 Å². The summed E-state index contributed by atoms with van der Waals surface area (Å²) in [5.74, 6) is 3.29. The van der Waals surface area contributed by atoms with Gasteiger partial charge in [0.05, 0.1) is 0 Å². The zero-order valence-electron chi connectivity index (χ0n) is 27.3. The summed E-state index contributed by atoms with van der Waals surface area (Å²) in [7, 11) is 0. The number of hydrogen-bond donors (Lipinski definition) is 0. The van der Waals surface area contributed by atoms with E-state index in [-0.39, 0.29) is 26.8 Å². The van der Waals surface area contributed by atoms with E-state index in [0.29, 0.717) is 0 Å². The van der Waals surface area contributed by atoms with Gasteiger partial charge < -0.3 is 19.4 Å². The molecule has 9 rings (SSSR count). The first-order valence-electron chi connectivity index (χ1n) is 16.1. The van der Waals surface area contributed by atoms with Crippen LogP contribution in [-0.2, 0) is 20.1 Å². The Balaban J connectivity index is 0.000000200. The predicted molar refractivity (Wildman–Crippen MR) is 194 cm³/mol. The van der Waals surface area contributed by atoms with E-state index in [1.807, 2.05) is 73.1 Å². The first-order valence-corrected chi connectivity index (χ1v) is 16.1. The number of para-hydroxylation sites is 2. The minimum atomic E-state index is 0. The number of aromatic nitrogens is 2. The Morgan fingerprint density at radius 2 is 1.33 bits per heavy atom. The third kappa shape index (κ3) is 6.22. The number of pyridine rings is 2. The molecule has 0 saturated carbocycles. The third-order valence-corrected chi connectivity index (χ3v) is 8.83. The van der Waals surface area contributed by atoms with Crippen LogP contribution in [0.4, 0.5) is 0 Å². The van der Waals surface area contributed by atoms with Crippen molar-refractivity contribution in [1.29, 1.82) is 0 Å². The molecule has 49 heavy (non-hydrogen) atoms. The molecular formula is C43H31BIrN2O2-2. The van der Waals surface area contributed by atoms with E-state index in [1.54, 1.807) is 0 Å². The Hall–Kier alpha value is -5.29. The molecule has 239 valence electrons. The molecule has 0 bridgehead atoms. The smallest absolute Gasteiger partial charge is 0.239 e. The van der Waals surface area contributed by atoms with E-state index in [4.69, 9.17) is 14.5 Å². The minimum absolute atomic E-state index is 0. The fourth-order valence-electron chi connectivity index (χ4n) is 6.54. The Kier molecular flexibility index (Phi) is 9.01. The minimum Gasteiger partial charge on any atom is -0.503 e. The van der Waals surface area contributed by atoms with Gasteiger partial charge in [-0.2, -0.15) is 0 Å². The van der Waals surface area contributed by atoms with Crippen molar-refractivity contribution in [2.45, 2.75) is 20.8 Å². The van der Waals surface area contributed by atoms with Crippen LogP contribution in [0, 0.1) is 32.9 Å². The summed E-state index contributed by atoms with van der Waals surface area (Å²) in [6.45, 7) is 6.25. The second kappa shape index (κ2) is 13.7. The largest absolute Gasteiger partial charge is 0.503 e. The van der Waals surface area contributed by atoms with Crippen molar-refractivity contribution in [3.63, 3.8) is 0 Å². The summed E-state index contributed by atoms with van der Waals surface area (Å²) in [5, 5.41) is 0. The molecule has 4 heterocycles. The Labute approximate surface area is 301 Å². The van der Waals surface area contributed by atoms with Crippen LogP contribution >= 0.6 is 0 Å². The molecule has 7 aromatic rings.